The van der Waals surface area contributed by atoms with Crippen LogP contribution in [-0.4, -0.2) is 6.18 Å². The maximum Gasteiger partial charge on any atom is 0.409 e. The van der Waals surface area contributed by atoms with Gasteiger partial charge < -0.3 is 0 Å². The van der Waals surface area contributed by atoms with Gasteiger partial charge in [0.15, 0.2) is 0 Å². The quantitative estimate of drug-likeness (QED) is 0.358. The lowest BCUT2D eigenvalue weighted by Crippen LogP contribution is -2.25. The van der Waals surface area contributed by atoms with E-state index in [1.165, 1.54) is 50.7 Å². The Hall–Kier alpha value is -1.58. The molecule has 0 amide bonds. The van der Waals surface area contributed by atoms with E-state index < -0.39 is 12.0 Å². The summed E-state index contributed by atoms with van der Waals surface area (Å²) in [5.41, 5.74) is 0.921. The van der Waals surface area contributed by atoms with Crippen molar-refractivity contribution < 1.29 is 17.6 Å². The Morgan fingerprint density at radius 1 is 0.893 bits per heavy atom. The smallest absolute Gasteiger partial charge is 0.206 e. The van der Waals surface area contributed by atoms with Gasteiger partial charge in [-0.3, -0.25) is 0 Å². The van der Waals surface area contributed by atoms with Gasteiger partial charge in [0.25, 0.3) is 0 Å². The molecule has 0 aliphatic heterocycles. The lowest BCUT2D eigenvalue weighted by atomic mass is 9.68. The first kappa shape index (κ1) is 21.1. The fourth-order valence-electron chi connectivity index (χ4n) is 5.12. The van der Waals surface area contributed by atoms with E-state index in [9.17, 15) is 17.6 Å². The number of alkyl halides is 3. The summed E-state index contributed by atoms with van der Waals surface area (Å²) >= 11 is 0. The van der Waals surface area contributed by atoms with E-state index in [1.54, 1.807) is 6.07 Å². The van der Waals surface area contributed by atoms with Crippen LogP contribution in [0.25, 0.3) is 6.08 Å². The van der Waals surface area contributed by atoms with Gasteiger partial charge >= 0.3 is 6.18 Å². The summed E-state index contributed by atoms with van der Waals surface area (Å²) in [5.74, 6) is 2.12. The Morgan fingerprint density at radius 3 is 2.04 bits per heavy atom. The number of hydrogen-bond donors (Lipinski definition) is 0. The molecule has 0 unspecified atom stereocenters. The summed E-state index contributed by atoms with van der Waals surface area (Å²) in [6, 6.07) is 4.71. The molecule has 2 saturated carbocycles. The molecule has 4 heteroatoms. The van der Waals surface area contributed by atoms with Crippen LogP contribution in [0.4, 0.5) is 17.6 Å². The number of hydrogen-bond acceptors (Lipinski definition) is 0. The lowest BCUT2D eigenvalue weighted by Gasteiger charge is -2.37. The molecule has 1 aromatic rings. The fraction of sp³-hybridized carbons (Fsp3) is 0.583. The number of rotatable bonds is 4. The fourth-order valence-corrected chi connectivity index (χ4v) is 5.12. The van der Waals surface area contributed by atoms with Gasteiger partial charge in [0.1, 0.15) is 5.82 Å². The Balaban J connectivity index is 1.54. The molecule has 2 aliphatic carbocycles. The molecule has 0 radical (unpaired) electrons. The third-order valence-electron chi connectivity index (χ3n) is 6.67. The van der Waals surface area contributed by atoms with E-state index in [0.717, 1.165) is 42.2 Å². The molecule has 0 atom stereocenters. The predicted octanol–water partition coefficient (Wildman–Crippen LogP) is 8.06. The number of benzene rings is 1. The molecule has 154 valence electrons. The van der Waals surface area contributed by atoms with E-state index in [-0.39, 0.29) is 11.6 Å². The van der Waals surface area contributed by atoms with Crippen molar-refractivity contribution in [3.8, 4) is 0 Å². The average molecular weight is 394 g/mol. The van der Waals surface area contributed by atoms with E-state index >= 15 is 0 Å². The van der Waals surface area contributed by atoms with Gasteiger partial charge in [-0.1, -0.05) is 24.3 Å². The van der Waals surface area contributed by atoms with Crippen LogP contribution in [-0.2, 0) is 0 Å². The van der Waals surface area contributed by atoms with Crippen molar-refractivity contribution in [3.63, 3.8) is 0 Å². The summed E-state index contributed by atoms with van der Waals surface area (Å²) in [4.78, 5) is 0. The molecule has 2 fully saturated rings. The SMILES string of the molecule is C/C=C/C1CCC(C2CCC(c3ccc(/C=C/C(F)(F)F)c(F)c3)CC2)CC1. The second-order valence-corrected chi connectivity index (χ2v) is 8.47. The van der Waals surface area contributed by atoms with Gasteiger partial charge in [0.05, 0.1) is 0 Å². The molecule has 3 rings (SSSR count). The molecular formula is C24H30F4. The first-order valence-corrected chi connectivity index (χ1v) is 10.5. The van der Waals surface area contributed by atoms with Gasteiger partial charge in [-0.15, -0.1) is 0 Å². The van der Waals surface area contributed by atoms with E-state index in [1.807, 2.05) is 0 Å². The van der Waals surface area contributed by atoms with Crippen molar-refractivity contribution >= 4 is 6.08 Å². The highest BCUT2D eigenvalue weighted by molar-refractivity contribution is 5.51. The molecule has 0 aromatic heterocycles. The minimum absolute atomic E-state index is 0.00681. The lowest BCUT2D eigenvalue weighted by molar-refractivity contribution is -0.0790. The van der Waals surface area contributed by atoms with Gasteiger partial charge in [0, 0.05) is 11.6 Å². The monoisotopic (exact) mass is 394 g/mol. The van der Waals surface area contributed by atoms with Crippen molar-refractivity contribution in [2.24, 2.45) is 17.8 Å². The minimum Gasteiger partial charge on any atom is -0.206 e. The standard InChI is InChI=1S/C24H30F4/c1-2-3-17-4-6-18(7-5-17)19-8-10-20(11-9-19)22-13-12-21(23(25)16-22)14-15-24(26,27)28/h2-3,12-20H,4-11H2,1H3/b3-2+,15-14+. The Labute approximate surface area is 165 Å². The highest BCUT2D eigenvalue weighted by atomic mass is 19.4. The Kier molecular flexibility index (Phi) is 7.00. The second-order valence-electron chi connectivity index (χ2n) is 8.47. The molecule has 0 saturated heterocycles. The summed E-state index contributed by atoms with van der Waals surface area (Å²) in [7, 11) is 0. The second kappa shape index (κ2) is 9.28. The van der Waals surface area contributed by atoms with Gasteiger partial charge in [-0.2, -0.15) is 13.2 Å². The first-order valence-electron chi connectivity index (χ1n) is 10.5. The summed E-state index contributed by atoms with van der Waals surface area (Å²) < 4.78 is 51.1. The molecule has 1 aromatic carbocycles. The zero-order valence-corrected chi connectivity index (χ0v) is 16.5. The van der Waals surface area contributed by atoms with Crippen LogP contribution in [0, 0.1) is 23.6 Å². The number of allylic oxidation sites excluding steroid dienone is 3. The van der Waals surface area contributed by atoms with E-state index in [2.05, 4.69) is 19.1 Å². The van der Waals surface area contributed by atoms with Crippen molar-refractivity contribution in [1.82, 2.24) is 0 Å². The Bertz CT molecular complexity index is 685. The van der Waals surface area contributed by atoms with Gasteiger partial charge in [-0.05, 0) is 99.7 Å². The van der Waals surface area contributed by atoms with Crippen LogP contribution in [0.2, 0.25) is 0 Å². The van der Waals surface area contributed by atoms with E-state index in [0.29, 0.717) is 5.92 Å². The van der Waals surface area contributed by atoms with Gasteiger partial charge in [-0.25, -0.2) is 4.39 Å². The van der Waals surface area contributed by atoms with Crippen molar-refractivity contribution in [2.75, 3.05) is 0 Å². The maximum atomic E-state index is 14.2. The Morgan fingerprint density at radius 2 is 1.50 bits per heavy atom. The predicted molar refractivity (Wildman–Crippen MR) is 106 cm³/mol. The summed E-state index contributed by atoms with van der Waals surface area (Å²) in [6.45, 7) is 2.09. The molecule has 0 bridgehead atoms. The molecule has 2 aliphatic rings. The van der Waals surface area contributed by atoms with Crippen LogP contribution in [0.3, 0.4) is 0 Å². The average Bonchev–Trinajstić information content (AvgIpc) is 2.67. The molecule has 0 nitrogen and oxygen atoms in total. The van der Waals surface area contributed by atoms with Crippen LogP contribution >= 0.6 is 0 Å². The zero-order chi connectivity index (χ0) is 20.1. The third-order valence-corrected chi connectivity index (χ3v) is 6.67. The molecule has 28 heavy (non-hydrogen) atoms. The first-order chi connectivity index (χ1) is 13.4. The highest BCUT2D eigenvalue weighted by Crippen LogP contribution is 2.44. The van der Waals surface area contributed by atoms with Crippen LogP contribution in [0.15, 0.2) is 36.4 Å². The van der Waals surface area contributed by atoms with Crippen LogP contribution in [0.1, 0.15) is 75.3 Å². The van der Waals surface area contributed by atoms with Crippen LogP contribution in [0.5, 0.6) is 0 Å². The highest BCUT2D eigenvalue weighted by Gasteiger charge is 2.31. The van der Waals surface area contributed by atoms with Crippen molar-refractivity contribution in [2.45, 2.75) is 70.4 Å². The molecule has 0 spiro atoms. The molecule has 0 heterocycles. The minimum atomic E-state index is -4.42. The third kappa shape index (κ3) is 5.71. The zero-order valence-electron chi connectivity index (χ0n) is 16.5. The van der Waals surface area contributed by atoms with E-state index in [4.69, 9.17) is 0 Å². The van der Waals surface area contributed by atoms with Crippen molar-refractivity contribution in [1.29, 1.82) is 0 Å². The van der Waals surface area contributed by atoms with Gasteiger partial charge in [0.2, 0.25) is 0 Å². The summed E-state index contributed by atoms with van der Waals surface area (Å²) in [6.07, 6.45) is 10.7. The number of halogens is 4. The maximum absolute atomic E-state index is 14.2. The molecule has 0 N–H and O–H groups in total. The van der Waals surface area contributed by atoms with Crippen LogP contribution < -0.4 is 0 Å². The largest absolute Gasteiger partial charge is 0.409 e. The topological polar surface area (TPSA) is 0 Å². The van der Waals surface area contributed by atoms with Crippen molar-refractivity contribution in [3.05, 3.63) is 53.4 Å². The normalized spacial score (nSPS) is 29.6. The molecular weight excluding hydrogens is 364 g/mol. The summed E-state index contributed by atoms with van der Waals surface area (Å²) in [5, 5.41) is 0.